The zero-order valence-electron chi connectivity index (χ0n) is 17.3. The summed E-state index contributed by atoms with van der Waals surface area (Å²) in [7, 11) is -3.86. The minimum Gasteiger partial charge on any atom is -0.326 e. The molecule has 4 aromatic rings. The maximum Gasteiger partial charge on any atom is 0.263 e. The Labute approximate surface area is 189 Å². The molecule has 2 unspecified atom stereocenters. The van der Waals surface area contributed by atoms with Gasteiger partial charge < -0.3 is 5.32 Å². The number of fused-ring (bicyclic) bond motifs is 1. The van der Waals surface area contributed by atoms with Gasteiger partial charge in [0.2, 0.25) is 5.91 Å². The van der Waals surface area contributed by atoms with Crippen molar-refractivity contribution < 1.29 is 17.6 Å². The minimum absolute atomic E-state index is 0.0318. The molecule has 5 rings (SSSR count). The molecule has 166 valence electrons. The molecule has 2 aromatic heterocycles. The number of aromatic nitrogens is 2. The van der Waals surface area contributed by atoms with Crippen molar-refractivity contribution in [2.75, 3.05) is 10.0 Å². The highest BCUT2D eigenvalue weighted by Crippen LogP contribution is 2.48. The number of benzene rings is 2. The van der Waals surface area contributed by atoms with Gasteiger partial charge in [0.05, 0.1) is 11.1 Å². The Kier molecular flexibility index (Phi) is 5.26. The van der Waals surface area contributed by atoms with Crippen molar-refractivity contribution in [2.24, 2.45) is 5.92 Å². The second-order valence-corrected chi connectivity index (χ2v) is 9.59. The lowest BCUT2D eigenvalue weighted by Gasteiger charge is -2.09. The number of anilines is 2. The lowest BCUT2D eigenvalue weighted by atomic mass is 10.1. The summed E-state index contributed by atoms with van der Waals surface area (Å²) in [5.74, 6) is -0.706. The Morgan fingerprint density at radius 3 is 2.55 bits per heavy atom. The van der Waals surface area contributed by atoms with Crippen LogP contribution >= 0.6 is 0 Å². The SMILES string of the molecule is O=C(Nc1ccc2cnccc2c1)C1CC1c1ccc(S(=O)(=O)Nc2ccc(F)cn2)cc1. The maximum absolute atomic E-state index is 13.0. The summed E-state index contributed by atoms with van der Waals surface area (Å²) >= 11 is 0. The first-order chi connectivity index (χ1) is 15.9. The number of halogens is 1. The fraction of sp³-hybridized carbons (Fsp3) is 0.125. The number of hydrogen-bond donors (Lipinski definition) is 2. The molecular formula is C24H19FN4O3S. The van der Waals surface area contributed by atoms with Gasteiger partial charge in [-0.05, 0) is 65.8 Å². The molecule has 0 spiro atoms. The molecule has 0 aliphatic heterocycles. The highest BCUT2D eigenvalue weighted by molar-refractivity contribution is 7.92. The van der Waals surface area contributed by atoms with E-state index in [9.17, 15) is 17.6 Å². The van der Waals surface area contributed by atoms with Crippen molar-refractivity contribution >= 4 is 38.2 Å². The number of rotatable bonds is 6. The van der Waals surface area contributed by atoms with Crippen LogP contribution < -0.4 is 10.0 Å². The highest BCUT2D eigenvalue weighted by atomic mass is 32.2. The van der Waals surface area contributed by atoms with Gasteiger partial charge in [0.25, 0.3) is 10.0 Å². The summed E-state index contributed by atoms with van der Waals surface area (Å²) in [6.07, 6.45) is 5.12. The van der Waals surface area contributed by atoms with E-state index in [0.29, 0.717) is 6.42 Å². The quantitative estimate of drug-likeness (QED) is 0.445. The fourth-order valence-electron chi connectivity index (χ4n) is 3.78. The van der Waals surface area contributed by atoms with E-state index < -0.39 is 15.8 Å². The molecule has 1 amide bonds. The molecule has 0 bridgehead atoms. The zero-order valence-corrected chi connectivity index (χ0v) is 18.1. The van der Waals surface area contributed by atoms with Gasteiger partial charge >= 0.3 is 0 Å². The Morgan fingerprint density at radius 1 is 0.970 bits per heavy atom. The molecule has 2 atom stereocenters. The first kappa shape index (κ1) is 21.0. The van der Waals surface area contributed by atoms with Crippen LogP contribution in [0.4, 0.5) is 15.9 Å². The van der Waals surface area contributed by atoms with Crippen molar-refractivity contribution in [1.82, 2.24) is 9.97 Å². The predicted molar refractivity (Wildman–Crippen MR) is 123 cm³/mol. The van der Waals surface area contributed by atoms with Crippen molar-refractivity contribution in [1.29, 1.82) is 0 Å². The van der Waals surface area contributed by atoms with E-state index in [-0.39, 0.29) is 28.5 Å². The number of carbonyl (C=O) groups is 1. The summed E-state index contributed by atoms with van der Waals surface area (Å²) in [5.41, 5.74) is 1.63. The minimum atomic E-state index is -3.86. The molecule has 0 saturated heterocycles. The fourth-order valence-corrected chi connectivity index (χ4v) is 4.78. The molecule has 7 nitrogen and oxygen atoms in total. The van der Waals surface area contributed by atoms with Gasteiger partial charge in [-0.2, -0.15) is 0 Å². The third-order valence-electron chi connectivity index (χ3n) is 5.62. The van der Waals surface area contributed by atoms with Crippen LogP contribution in [0.2, 0.25) is 0 Å². The molecular weight excluding hydrogens is 443 g/mol. The molecule has 1 aliphatic rings. The summed E-state index contributed by atoms with van der Waals surface area (Å²) in [4.78, 5) is 20.5. The summed E-state index contributed by atoms with van der Waals surface area (Å²) in [6, 6.07) is 16.4. The van der Waals surface area contributed by atoms with Crippen LogP contribution in [0.3, 0.4) is 0 Å². The first-order valence-corrected chi connectivity index (χ1v) is 11.8. The average molecular weight is 463 g/mol. The molecule has 9 heteroatoms. The van der Waals surface area contributed by atoms with Crippen molar-refractivity contribution in [2.45, 2.75) is 17.2 Å². The van der Waals surface area contributed by atoms with Gasteiger partial charge in [-0.25, -0.2) is 17.8 Å². The molecule has 2 heterocycles. The molecule has 1 fully saturated rings. The summed E-state index contributed by atoms with van der Waals surface area (Å²) < 4.78 is 40.4. The van der Waals surface area contributed by atoms with Crippen LogP contribution in [0.5, 0.6) is 0 Å². The average Bonchev–Trinajstić information content (AvgIpc) is 3.62. The summed E-state index contributed by atoms with van der Waals surface area (Å²) in [6.45, 7) is 0. The van der Waals surface area contributed by atoms with Gasteiger partial charge in [-0.3, -0.25) is 14.5 Å². The van der Waals surface area contributed by atoms with Crippen LogP contribution in [-0.2, 0) is 14.8 Å². The van der Waals surface area contributed by atoms with Gasteiger partial charge in [-0.1, -0.05) is 18.2 Å². The van der Waals surface area contributed by atoms with Crippen molar-refractivity contribution in [3.05, 3.63) is 90.6 Å². The topological polar surface area (TPSA) is 101 Å². The van der Waals surface area contributed by atoms with Crippen LogP contribution in [0.25, 0.3) is 10.8 Å². The van der Waals surface area contributed by atoms with Gasteiger partial charge in [0.1, 0.15) is 11.6 Å². The van der Waals surface area contributed by atoms with E-state index in [2.05, 4.69) is 20.0 Å². The second-order valence-electron chi connectivity index (χ2n) is 7.91. The number of nitrogens with zero attached hydrogens (tertiary/aromatic N) is 2. The van der Waals surface area contributed by atoms with Crippen LogP contribution in [0.1, 0.15) is 17.9 Å². The van der Waals surface area contributed by atoms with E-state index in [0.717, 1.165) is 34.3 Å². The Balaban J connectivity index is 1.23. The van der Waals surface area contributed by atoms with E-state index >= 15 is 0 Å². The maximum atomic E-state index is 13.0. The molecule has 1 aliphatic carbocycles. The van der Waals surface area contributed by atoms with Crippen LogP contribution in [0, 0.1) is 11.7 Å². The number of nitrogens with one attached hydrogen (secondary N) is 2. The first-order valence-electron chi connectivity index (χ1n) is 10.3. The molecule has 0 radical (unpaired) electrons. The monoisotopic (exact) mass is 462 g/mol. The largest absolute Gasteiger partial charge is 0.326 e. The summed E-state index contributed by atoms with van der Waals surface area (Å²) in [5, 5.41) is 4.96. The van der Waals surface area contributed by atoms with E-state index in [1.54, 1.807) is 24.5 Å². The Bertz CT molecular complexity index is 1440. The molecule has 2 aromatic carbocycles. The third-order valence-corrected chi connectivity index (χ3v) is 6.99. The highest BCUT2D eigenvalue weighted by Gasteiger charge is 2.44. The zero-order chi connectivity index (χ0) is 23.0. The van der Waals surface area contributed by atoms with Gasteiger partial charge in [0.15, 0.2) is 0 Å². The number of amides is 1. The normalized spacial score (nSPS) is 17.5. The van der Waals surface area contributed by atoms with Gasteiger partial charge in [-0.15, -0.1) is 0 Å². The number of sulfonamides is 1. The van der Waals surface area contributed by atoms with Crippen molar-refractivity contribution in [3.63, 3.8) is 0 Å². The second kappa shape index (κ2) is 8.25. The lowest BCUT2D eigenvalue weighted by Crippen LogP contribution is -2.15. The van der Waals surface area contributed by atoms with Gasteiger partial charge in [0, 0.05) is 29.4 Å². The predicted octanol–water partition coefficient (Wildman–Crippen LogP) is 4.31. The lowest BCUT2D eigenvalue weighted by molar-refractivity contribution is -0.117. The molecule has 2 N–H and O–H groups in total. The van der Waals surface area contributed by atoms with Crippen LogP contribution in [-0.4, -0.2) is 24.3 Å². The standard InChI is InChI=1S/C24H19FN4O3S/c25-18-4-8-23(27-14-18)29-33(31,32)20-6-2-15(3-7-20)21-12-22(21)24(30)28-19-5-1-17-13-26-10-9-16(17)11-19/h1-11,13-14,21-22H,12H2,(H,27,29)(H,28,30). The van der Waals surface area contributed by atoms with Crippen molar-refractivity contribution in [3.8, 4) is 0 Å². The third kappa shape index (κ3) is 4.54. The molecule has 33 heavy (non-hydrogen) atoms. The smallest absolute Gasteiger partial charge is 0.263 e. The Morgan fingerprint density at radius 2 is 1.79 bits per heavy atom. The number of carbonyl (C=O) groups excluding carboxylic acids is 1. The van der Waals surface area contributed by atoms with E-state index in [1.807, 2.05) is 24.3 Å². The number of pyridine rings is 2. The van der Waals surface area contributed by atoms with E-state index in [1.165, 1.54) is 18.2 Å². The molecule has 1 saturated carbocycles. The van der Waals surface area contributed by atoms with Crippen LogP contribution in [0.15, 0.2) is 84.1 Å². The van der Waals surface area contributed by atoms with E-state index in [4.69, 9.17) is 0 Å². The number of hydrogen-bond acceptors (Lipinski definition) is 5. The Hall–Kier alpha value is -3.85.